The van der Waals surface area contributed by atoms with Gasteiger partial charge in [0.25, 0.3) is 6.43 Å². The number of carboxylic acids is 1. The van der Waals surface area contributed by atoms with E-state index in [-0.39, 0.29) is 11.4 Å². The predicted octanol–water partition coefficient (Wildman–Crippen LogP) is 3.23. The lowest BCUT2D eigenvalue weighted by Gasteiger charge is -2.07. The Morgan fingerprint density at radius 3 is 2.60 bits per heavy atom. The van der Waals surface area contributed by atoms with Crippen molar-refractivity contribution in [1.29, 1.82) is 0 Å². The first-order valence-corrected chi connectivity index (χ1v) is 5.55. The summed E-state index contributed by atoms with van der Waals surface area (Å²) in [5, 5.41) is 8.78. The summed E-state index contributed by atoms with van der Waals surface area (Å²) in [5.41, 5.74) is -0.961. The monoisotopic (exact) mass is 282 g/mol. The van der Waals surface area contributed by atoms with Crippen LogP contribution in [0.3, 0.4) is 0 Å². The lowest BCUT2D eigenvalue weighted by atomic mass is 10.1. The molecule has 20 heavy (non-hydrogen) atoms. The lowest BCUT2D eigenvalue weighted by Crippen LogP contribution is -2.08. The summed E-state index contributed by atoms with van der Waals surface area (Å²) in [4.78, 5) is 18.0. The van der Waals surface area contributed by atoms with Crippen molar-refractivity contribution in [3.05, 3.63) is 47.0 Å². The molecule has 104 valence electrons. The largest absolute Gasteiger partial charge is 0.478 e. The van der Waals surface area contributed by atoms with Crippen molar-refractivity contribution in [3.8, 4) is 11.4 Å². The van der Waals surface area contributed by atoms with Gasteiger partial charge in [-0.15, -0.1) is 0 Å². The molecular formula is C13H9F3N2O2. The van der Waals surface area contributed by atoms with E-state index in [4.69, 9.17) is 5.11 Å². The summed E-state index contributed by atoms with van der Waals surface area (Å²) >= 11 is 0. The Balaban J connectivity index is 2.55. The number of aromatic nitrogens is 2. The number of aryl methyl sites for hydroxylation is 1. The number of hydrogen-bond donors (Lipinski definition) is 1. The van der Waals surface area contributed by atoms with E-state index >= 15 is 0 Å². The van der Waals surface area contributed by atoms with Crippen molar-refractivity contribution >= 4 is 5.97 Å². The maximum atomic E-state index is 13.4. The van der Waals surface area contributed by atoms with Gasteiger partial charge < -0.3 is 5.11 Å². The topological polar surface area (TPSA) is 63.1 Å². The van der Waals surface area contributed by atoms with E-state index in [2.05, 4.69) is 9.97 Å². The van der Waals surface area contributed by atoms with Crippen LogP contribution in [0.2, 0.25) is 0 Å². The van der Waals surface area contributed by atoms with Gasteiger partial charge in [0.2, 0.25) is 0 Å². The van der Waals surface area contributed by atoms with Gasteiger partial charge in [0.15, 0.2) is 5.82 Å². The second kappa shape index (κ2) is 5.28. The second-order valence-electron chi connectivity index (χ2n) is 4.06. The molecule has 0 aliphatic heterocycles. The third-order valence-electron chi connectivity index (χ3n) is 2.69. The standard InChI is InChI=1S/C13H9F3N2O2/c1-6-2-3-7(4-9(6)14)12-17-5-8(13(19)20)10(18-12)11(15)16/h2-5,11H,1H3,(H,19,20). The van der Waals surface area contributed by atoms with E-state index in [1.807, 2.05) is 0 Å². The van der Waals surface area contributed by atoms with E-state index in [1.165, 1.54) is 12.1 Å². The zero-order valence-electron chi connectivity index (χ0n) is 10.3. The average molecular weight is 282 g/mol. The number of nitrogens with zero attached hydrogens (tertiary/aromatic N) is 2. The molecule has 0 radical (unpaired) electrons. The van der Waals surface area contributed by atoms with E-state index in [0.29, 0.717) is 5.56 Å². The highest BCUT2D eigenvalue weighted by molar-refractivity contribution is 5.88. The minimum Gasteiger partial charge on any atom is -0.478 e. The number of hydrogen-bond acceptors (Lipinski definition) is 3. The molecule has 0 spiro atoms. The van der Waals surface area contributed by atoms with Gasteiger partial charge in [0.1, 0.15) is 17.1 Å². The molecule has 1 heterocycles. The lowest BCUT2D eigenvalue weighted by molar-refractivity contribution is 0.0681. The molecule has 0 unspecified atom stereocenters. The molecule has 0 saturated heterocycles. The van der Waals surface area contributed by atoms with Crippen LogP contribution < -0.4 is 0 Å². The van der Waals surface area contributed by atoms with Crippen LogP contribution in [0.5, 0.6) is 0 Å². The summed E-state index contributed by atoms with van der Waals surface area (Å²) in [6, 6.07) is 4.05. The summed E-state index contributed by atoms with van der Waals surface area (Å²) in [7, 11) is 0. The fourth-order valence-electron chi connectivity index (χ4n) is 1.60. The molecule has 4 nitrogen and oxygen atoms in total. The van der Waals surface area contributed by atoms with Crippen molar-refractivity contribution in [2.24, 2.45) is 0 Å². The van der Waals surface area contributed by atoms with Crippen LogP contribution in [0, 0.1) is 12.7 Å². The third kappa shape index (κ3) is 2.61. The maximum Gasteiger partial charge on any atom is 0.339 e. The van der Waals surface area contributed by atoms with Gasteiger partial charge in [0, 0.05) is 11.8 Å². The Bertz CT molecular complexity index is 675. The summed E-state index contributed by atoms with van der Waals surface area (Å²) < 4.78 is 39.0. The molecule has 0 aliphatic carbocycles. The Kier molecular flexibility index (Phi) is 3.69. The number of aromatic carboxylic acids is 1. The minimum absolute atomic E-state index is 0.149. The van der Waals surface area contributed by atoms with Crippen LogP contribution in [-0.2, 0) is 0 Å². The van der Waals surface area contributed by atoms with Crippen LogP contribution in [0.25, 0.3) is 11.4 Å². The van der Waals surface area contributed by atoms with Gasteiger partial charge in [0.05, 0.1) is 0 Å². The minimum atomic E-state index is -3.06. The van der Waals surface area contributed by atoms with Gasteiger partial charge in [-0.05, 0) is 18.6 Å². The highest BCUT2D eigenvalue weighted by Gasteiger charge is 2.21. The van der Waals surface area contributed by atoms with Gasteiger partial charge in [-0.1, -0.05) is 12.1 Å². The van der Waals surface area contributed by atoms with E-state index in [9.17, 15) is 18.0 Å². The molecule has 0 saturated carbocycles. The van der Waals surface area contributed by atoms with Crippen LogP contribution in [0.15, 0.2) is 24.4 Å². The summed E-state index contributed by atoms with van der Waals surface area (Å²) in [5.74, 6) is -2.21. The van der Waals surface area contributed by atoms with E-state index in [1.54, 1.807) is 6.92 Å². The first-order chi connectivity index (χ1) is 9.40. The van der Waals surface area contributed by atoms with Crippen molar-refractivity contribution in [2.45, 2.75) is 13.3 Å². The van der Waals surface area contributed by atoms with Crippen LogP contribution in [0.4, 0.5) is 13.2 Å². The molecule has 1 aromatic heterocycles. The molecule has 1 N–H and O–H groups in total. The quantitative estimate of drug-likeness (QED) is 0.938. The molecule has 0 aliphatic rings. The van der Waals surface area contributed by atoms with Gasteiger partial charge in [-0.2, -0.15) is 0 Å². The molecule has 2 rings (SSSR count). The van der Waals surface area contributed by atoms with Crippen molar-refractivity contribution in [2.75, 3.05) is 0 Å². The summed E-state index contributed by atoms with van der Waals surface area (Å²) in [6.45, 7) is 1.55. The normalized spacial score (nSPS) is 10.8. The molecule has 0 fully saturated rings. The molecule has 0 bridgehead atoms. The maximum absolute atomic E-state index is 13.4. The Hall–Kier alpha value is -2.44. The van der Waals surface area contributed by atoms with Crippen molar-refractivity contribution < 1.29 is 23.1 Å². The number of benzene rings is 1. The van der Waals surface area contributed by atoms with Crippen molar-refractivity contribution in [3.63, 3.8) is 0 Å². The van der Waals surface area contributed by atoms with Crippen molar-refractivity contribution in [1.82, 2.24) is 9.97 Å². The van der Waals surface area contributed by atoms with Gasteiger partial charge >= 0.3 is 5.97 Å². The van der Waals surface area contributed by atoms with E-state index < -0.39 is 29.5 Å². The molecule has 0 amide bonds. The number of carboxylic acid groups (broad SMARTS) is 1. The smallest absolute Gasteiger partial charge is 0.339 e. The predicted molar refractivity (Wildman–Crippen MR) is 64.1 cm³/mol. The number of carbonyl (C=O) groups is 1. The van der Waals surface area contributed by atoms with Crippen LogP contribution in [0.1, 0.15) is 28.0 Å². The number of alkyl halides is 2. The zero-order valence-corrected chi connectivity index (χ0v) is 10.3. The fourth-order valence-corrected chi connectivity index (χ4v) is 1.60. The molecule has 1 aromatic carbocycles. The zero-order chi connectivity index (χ0) is 14.9. The summed E-state index contributed by atoms with van der Waals surface area (Å²) in [6.07, 6.45) is -2.26. The first kappa shape index (κ1) is 14.0. The molecular weight excluding hydrogens is 273 g/mol. The van der Waals surface area contributed by atoms with Gasteiger partial charge in [-0.25, -0.2) is 27.9 Å². The Labute approximate surface area is 111 Å². The van der Waals surface area contributed by atoms with Crippen LogP contribution >= 0.6 is 0 Å². The fraction of sp³-hybridized carbons (Fsp3) is 0.154. The van der Waals surface area contributed by atoms with Gasteiger partial charge in [-0.3, -0.25) is 0 Å². The SMILES string of the molecule is Cc1ccc(-c2ncc(C(=O)O)c(C(F)F)n2)cc1F. The molecule has 7 heteroatoms. The Morgan fingerprint density at radius 1 is 1.35 bits per heavy atom. The number of rotatable bonds is 3. The van der Waals surface area contributed by atoms with Crippen LogP contribution in [-0.4, -0.2) is 21.0 Å². The highest BCUT2D eigenvalue weighted by Crippen LogP contribution is 2.24. The number of halogens is 3. The average Bonchev–Trinajstić information content (AvgIpc) is 2.41. The second-order valence-corrected chi connectivity index (χ2v) is 4.06. The Morgan fingerprint density at radius 2 is 2.05 bits per heavy atom. The highest BCUT2D eigenvalue weighted by atomic mass is 19.3. The molecule has 0 atom stereocenters. The first-order valence-electron chi connectivity index (χ1n) is 5.55. The van der Waals surface area contributed by atoms with E-state index in [0.717, 1.165) is 12.3 Å². The molecule has 2 aromatic rings. The third-order valence-corrected chi connectivity index (χ3v) is 2.69.